The average Bonchev–Trinajstić information content (AvgIpc) is 3.17. The van der Waals surface area contributed by atoms with Crippen molar-refractivity contribution in [2.75, 3.05) is 5.32 Å². The van der Waals surface area contributed by atoms with Gasteiger partial charge >= 0.3 is 0 Å². The molecule has 0 aliphatic heterocycles. The number of carbonyl (C=O) groups is 1. The van der Waals surface area contributed by atoms with Gasteiger partial charge in [0.2, 0.25) is 0 Å². The summed E-state index contributed by atoms with van der Waals surface area (Å²) in [4.78, 5) is 25.9. The highest BCUT2D eigenvalue weighted by molar-refractivity contribution is 7.15. The molecule has 0 radical (unpaired) electrons. The summed E-state index contributed by atoms with van der Waals surface area (Å²) in [5.41, 5.74) is 1.49. The normalized spacial score (nSPS) is 11.4. The molecule has 0 atom stereocenters. The van der Waals surface area contributed by atoms with Crippen LogP contribution < -0.4 is 5.32 Å². The molecule has 5 nitrogen and oxygen atoms in total. The summed E-state index contributed by atoms with van der Waals surface area (Å²) in [6.07, 6.45) is 3.34. The maximum absolute atomic E-state index is 12.3. The number of pyridine rings is 1. The monoisotopic (exact) mass is 344 g/mol. The van der Waals surface area contributed by atoms with Crippen LogP contribution >= 0.6 is 22.7 Å². The number of hydrogen-bond donors (Lipinski definition) is 1. The van der Waals surface area contributed by atoms with Crippen LogP contribution in [0.25, 0.3) is 11.4 Å². The summed E-state index contributed by atoms with van der Waals surface area (Å²) in [5, 5.41) is 6.20. The molecule has 3 aromatic heterocycles. The van der Waals surface area contributed by atoms with E-state index in [1.165, 1.54) is 22.7 Å². The summed E-state index contributed by atoms with van der Waals surface area (Å²) >= 11 is 2.79. The van der Waals surface area contributed by atoms with Crippen LogP contribution in [-0.2, 0) is 5.41 Å². The van der Waals surface area contributed by atoms with E-state index in [1.54, 1.807) is 12.4 Å². The molecule has 0 aliphatic carbocycles. The predicted molar refractivity (Wildman–Crippen MR) is 94.1 cm³/mol. The summed E-state index contributed by atoms with van der Waals surface area (Å²) < 4.78 is 0. The molecule has 118 valence electrons. The first-order valence-corrected chi connectivity index (χ1v) is 8.78. The van der Waals surface area contributed by atoms with Crippen molar-refractivity contribution < 1.29 is 4.79 Å². The number of thiazole rings is 2. The Kier molecular flexibility index (Phi) is 4.23. The van der Waals surface area contributed by atoms with Crippen molar-refractivity contribution in [3.05, 3.63) is 45.9 Å². The van der Waals surface area contributed by atoms with E-state index in [0.29, 0.717) is 10.0 Å². The van der Waals surface area contributed by atoms with Crippen molar-refractivity contribution in [1.82, 2.24) is 15.0 Å². The fraction of sp³-hybridized carbons (Fsp3) is 0.250. The van der Waals surface area contributed by atoms with Gasteiger partial charge in [-0.25, -0.2) is 9.97 Å². The average molecular weight is 344 g/mol. The molecule has 1 N–H and O–H groups in total. The first-order valence-electron chi connectivity index (χ1n) is 7.08. The molecule has 7 heteroatoms. The Labute approximate surface area is 142 Å². The fourth-order valence-electron chi connectivity index (χ4n) is 1.85. The van der Waals surface area contributed by atoms with Gasteiger partial charge in [-0.2, -0.15) is 0 Å². The van der Waals surface area contributed by atoms with E-state index in [4.69, 9.17) is 0 Å². The molecule has 0 aromatic carbocycles. The van der Waals surface area contributed by atoms with Gasteiger partial charge < -0.3 is 0 Å². The second-order valence-electron chi connectivity index (χ2n) is 5.99. The molecule has 0 bridgehead atoms. The van der Waals surface area contributed by atoms with E-state index in [-0.39, 0.29) is 11.3 Å². The zero-order chi connectivity index (χ0) is 16.4. The van der Waals surface area contributed by atoms with Gasteiger partial charge in [0.1, 0.15) is 10.6 Å². The number of aromatic nitrogens is 3. The molecule has 3 rings (SSSR count). The van der Waals surface area contributed by atoms with E-state index in [9.17, 15) is 4.79 Å². The minimum Gasteiger partial charge on any atom is -0.297 e. The summed E-state index contributed by atoms with van der Waals surface area (Å²) in [6.45, 7) is 6.23. The van der Waals surface area contributed by atoms with Crippen molar-refractivity contribution in [1.29, 1.82) is 0 Å². The van der Waals surface area contributed by atoms with Crippen molar-refractivity contribution >= 4 is 33.7 Å². The highest BCUT2D eigenvalue weighted by atomic mass is 32.1. The number of nitrogens with one attached hydrogen (secondary N) is 1. The van der Waals surface area contributed by atoms with Gasteiger partial charge in [-0.3, -0.25) is 15.1 Å². The van der Waals surface area contributed by atoms with Gasteiger partial charge in [0.15, 0.2) is 5.13 Å². The standard InChI is InChI=1S/C16H16N4OS2/c1-16(2,3)14-18-8-12(23-14)13(21)20-15-19-11(9-22-15)10-6-4-5-7-17-10/h4-9H,1-3H3,(H,19,20,21). The topological polar surface area (TPSA) is 67.8 Å². The molecule has 0 spiro atoms. The van der Waals surface area contributed by atoms with Gasteiger partial charge in [0.25, 0.3) is 5.91 Å². The van der Waals surface area contributed by atoms with E-state index in [2.05, 4.69) is 41.0 Å². The van der Waals surface area contributed by atoms with Gasteiger partial charge in [0, 0.05) is 17.0 Å². The minimum atomic E-state index is -0.181. The maximum Gasteiger partial charge on any atom is 0.269 e. The maximum atomic E-state index is 12.3. The highest BCUT2D eigenvalue weighted by Crippen LogP contribution is 2.28. The predicted octanol–water partition coefficient (Wildman–Crippen LogP) is 4.21. The van der Waals surface area contributed by atoms with Crippen LogP contribution in [-0.4, -0.2) is 20.9 Å². The largest absolute Gasteiger partial charge is 0.297 e. The zero-order valence-corrected chi connectivity index (χ0v) is 14.7. The van der Waals surface area contributed by atoms with Crippen LogP contribution in [0, 0.1) is 0 Å². The first-order chi connectivity index (χ1) is 10.9. The third-order valence-electron chi connectivity index (χ3n) is 3.02. The van der Waals surface area contributed by atoms with E-state index in [1.807, 2.05) is 23.6 Å². The van der Waals surface area contributed by atoms with Crippen molar-refractivity contribution in [3.8, 4) is 11.4 Å². The number of rotatable bonds is 3. The van der Waals surface area contributed by atoms with E-state index in [0.717, 1.165) is 16.4 Å². The van der Waals surface area contributed by atoms with Crippen LogP contribution in [0.15, 0.2) is 36.0 Å². The van der Waals surface area contributed by atoms with Gasteiger partial charge in [-0.05, 0) is 12.1 Å². The third kappa shape index (κ3) is 3.62. The lowest BCUT2D eigenvalue weighted by Gasteiger charge is -2.13. The quantitative estimate of drug-likeness (QED) is 0.773. The molecular weight excluding hydrogens is 328 g/mol. The molecule has 3 heterocycles. The molecule has 1 amide bonds. The molecule has 0 aliphatic rings. The van der Waals surface area contributed by atoms with E-state index >= 15 is 0 Å². The van der Waals surface area contributed by atoms with Crippen molar-refractivity contribution in [2.45, 2.75) is 26.2 Å². The molecule has 0 unspecified atom stereocenters. The van der Waals surface area contributed by atoms with Gasteiger partial charge in [-0.15, -0.1) is 22.7 Å². The van der Waals surface area contributed by atoms with Gasteiger partial charge in [0.05, 0.1) is 16.9 Å². The Balaban J connectivity index is 1.74. The molecule has 3 aromatic rings. The lowest BCUT2D eigenvalue weighted by molar-refractivity contribution is 0.103. The second-order valence-corrected chi connectivity index (χ2v) is 7.88. The molecule has 0 saturated carbocycles. The van der Waals surface area contributed by atoms with Crippen molar-refractivity contribution in [2.24, 2.45) is 0 Å². The molecule has 23 heavy (non-hydrogen) atoms. The first kappa shape index (κ1) is 15.8. The van der Waals surface area contributed by atoms with Gasteiger partial charge in [-0.1, -0.05) is 26.8 Å². The fourth-order valence-corrected chi connectivity index (χ4v) is 3.42. The second kappa shape index (κ2) is 6.17. The Bertz CT molecular complexity index is 818. The lowest BCUT2D eigenvalue weighted by Crippen LogP contribution is -2.10. The van der Waals surface area contributed by atoms with Crippen LogP contribution in [0.2, 0.25) is 0 Å². The number of hydrogen-bond acceptors (Lipinski definition) is 6. The van der Waals surface area contributed by atoms with Crippen molar-refractivity contribution in [3.63, 3.8) is 0 Å². The SMILES string of the molecule is CC(C)(C)c1ncc(C(=O)Nc2nc(-c3ccccn3)cs2)s1. The number of amides is 1. The zero-order valence-electron chi connectivity index (χ0n) is 13.0. The third-order valence-corrected chi connectivity index (χ3v) is 5.20. The minimum absolute atomic E-state index is 0.0590. The molecule has 0 fully saturated rings. The number of carbonyl (C=O) groups excluding carboxylic acids is 1. The van der Waals surface area contributed by atoms with Crippen LogP contribution in [0.1, 0.15) is 35.5 Å². The smallest absolute Gasteiger partial charge is 0.269 e. The molecule has 0 saturated heterocycles. The van der Waals surface area contributed by atoms with Crippen LogP contribution in [0.3, 0.4) is 0 Å². The highest BCUT2D eigenvalue weighted by Gasteiger charge is 2.20. The summed E-state index contributed by atoms with van der Waals surface area (Å²) in [7, 11) is 0. The number of anilines is 1. The van der Waals surface area contributed by atoms with E-state index < -0.39 is 0 Å². The Morgan fingerprint density at radius 3 is 2.65 bits per heavy atom. The Hall–Kier alpha value is -2.12. The van der Waals surface area contributed by atoms with Crippen LogP contribution in [0.5, 0.6) is 0 Å². The summed E-state index contributed by atoms with van der Waals surface area (Å²) in [6, 6.07) is 5.65. The van der Waals surface area contributed by atoms with Crippen LogP contribution in [0.4, 0.5) is 5.13 Å². The number of nitrogens with zero attached hydrogens (tertiary/aromatic N) is 3. The lowest BCUT2D eigenvalue weighted by atomic mass is 9.98. The Morgan fingerprint density at radius 1 is 1.17 bits per heavy atom. The summed E-state index contributed by atoms with van der Waals surface area (Å²) in [5.74, 6) is -0.181. The Morgan fingerprint density at radius 2 is 2.00 bits per heavy atom. The molecular formula is C16H16N4OS2.